The molecule has 98 valence electrons. The van der Waals surface area contributed by atoms with Gasteiger partial charge in [0.25, 0.3) is 5.91 Å². The maximum atomic E-state index is 11.8. The second kappa shape index (κ2) is 5.62. The summed E-state index contributed by atoms with van der Waals surface area (Å²) in [6, 6.07) is 3.23. The lowest BCUT2D eigenvalue weighted by atomic mass is 10.2. The Kier molecular flexibility index (Phi) is 4.13. The van der Waals surface area contributed by atoms with Gasteiger partial charge >= 0.3 is 0 Å². The molecule has 7 heteroatoms. The molecule has 1 saturated heterocycles. The molecule has 2 rings (SSSR count). The van der Waals surface area contributed by atoms with Crippen molar-refractivity contribution in [2.75, 3.05) is 6.61 Å². The van der Waals surface area contributed by atoms with Gasteiger partial charge in [0.05, 0.1) is 12.2 Å². The molecule has 0 aliphatic carbocycles. The second-order valence-corrected chi connectivity index (χ2v) is 4.43. The van der Waals surface area contributed by atoms with Gasteiger partial charge in [0.15, 0.2) is 0 Å². The molecular formula is C11H13ClN2O4. The zero-order chi connectivity index (χ0) is 13.1. The summed E-state index contributed by atoms with van der Waals surface area (Å²) < 4.78 is 5.24. The molecule has 0 spiro atoms. The second-order valence-electron chi connectivity index (χ2n) is 3.93. The van der Waals surface area contributed by atoms with Crippen molar-refractivity contribution in [3.8, 4) is 0 Å². The summed E-state index contributed by atoms with van der Waals surface area (Å²) >= 11 is 5.92. The number of nitrogens with one attached hydrogen (secondary N) is 1. The first-order valence-electron chi connectivity index (χ1n) is 5.43. The van der Waals surface area contributed by atoms with E-state index in [-0.39, 0.29) is 6.61 Å². The summed E-state index contributed by atoms with van der Waals surface area (Å²) in [6.45, 7) is -0.357. The van der Waals surface area contributed by atoms with Crippen LogP contribution in [0.1, 0.15) is 10.4 Å². The van der Waals surface area contributed by atoms with Crippen LogP contribution in [-0.4, -0.2) is 51.5 Å². The van der Waals surface area contributed by atoms with Crippen LogP contribution in [-0.2, 0) is 4.74 Å². The number of hydrogen-bond acceptors (Lipinski definition) is 5. The highest BCUT2D eigenvalue weighted by Crippen LogP contribution is 2.24. The summed E-state index contributed by atoms with van der Waals surface area (Å²) in [5.41, 5.74) is 0.368. The van der Waals surface area contributed by atoms with Crippen molar-refractivity contribution in [1.29, 1.82) is 0 Å². The van der Waals surface area contributed by atoms with E-state index in [0.717, 1.165) is 0 Å². The maximum Gasteiger partial charge on any atom is 0.254 e. The first-order chi connectivity index (χ1) is 8.63. The molecule has 0 aromatic carbocycles. The van der Waals surface area contributed by atoms with Crippen LogP contribution in [0.3, 0.4) is 0 Å². The molecule has 1 unspecified atom stereocenters. The highest BCUT2D eigenvalue weighted by molar-refractivity contribution is 6.21. The monoisotopic (exact) mass is 272 g/mol. The topological polar surface area (TPSA) is 91.7 Å². The van der Waals surface area contributed by atoms with Crippen molar-refractivity contribution >= 4 is 17.5 Å². The normalized spacial score (nSPS) is 31.3. The van der Waals surface area contributed by atoms with Crippen molar-refractivity contribution in [3.63, 3.8) is 0 Å². The largest absolute Gasteiger partial charge is 0.394 e. The Morgan fingerprint density at radius 3 is 2.94 bits per heavy atom. The first kappa shape index (κ1) is 13.2. The molecule has 18 heavy (non-hydrogen) atoms. The van der Waals surface area contributed by atoms with Gasteiger partial charge in [-0.05, 0) is 12.1 Å². The zero-order valence-electron chi connectivity index (χ0n) is 9.36. The average molecular weight is 273 g/mol. The van der Waals surface area contributed by atoms with E-state index in [9.17, 15) is 9.90 Å². The van der Waals surface area contributed by atoms with E-state index < -0.39 is 29.7 Å². The van der Waals surface area contributed by atoms with Gasteiger partial charge in [-0.15, -0.1) is 11.6 Å². The van der Waals surface area contributed by atoms with Crippen LogP contribution in [0.4, 0.5) is 0 Å². The number of amides is 1. The third kappa shape index (κ3) is 2.62. The lowest BCUT2D eigenvalue weighted by Gasteiger charge is -2.15. The molecular weight excluding hydrogens is 260 g/mol. The van der Waals surface area contributed by atoms with Gasteiger partial charge in [-0.3, -0.25) is 9.78 Å². The molecule has 1 aliphatic rings. The summed E-state index contributed by atoms with van der Waals surface area (Å²) in [7, 11) is 0. The molecule has 1 amide bonds. The predicted molar refractivity (Wildman–Crippen MR) is 63.1 cm³/mol. The molecule has 2 heterocycles. The summed E-state index contributed by atoms with van der Waals surface area (Å²) in [5, 5.41) is 20.3. The lowest BCUT2D eigenvalue weighted by Crippen LogP contribution is -2.41. The minimum atomic E-state index is -1.02. The summed E-state index contributed by atoms with van der Waals surface area (Å²) in [6.07, 6.45) is 0.320. The molecule has 1 fully saturated rings. The van der Waals surface area contributed by atoms with Crippen LogP contribution in [0.25, 0.3) is 0 Å². The minimum Gasteiger partial charge on any atom is -0.394 e. The Labute approximate surface area is 109 Å². The molecule has 6 nitrogen and oxygen atoms in total. The van der Waals surface area contributed by atoms with Gasteiger partial charge in [0.2, 0.25) is 0 Å². The number of carbonyl (C=O) groups excluding carboxylic acids is 1. The third-order valence-electron chi connectivity index (χ3n) is 2.69. The molecule has 4 atom stereocenters. The van der Waals surface area contributed by atoms with E-state index in [0.29, 0.717) is 5.56 Å². The quantitative estimate of drug-likeness (QED) is 0.645. The maximum absolute atomic E-state index is 11.8. The predicted octanol–water partition coefficient (Wildman–Crippen LogP) is -0.503. The number of rotatable bonds is 3. The first-order valence-corrected chi connectivity index (χ1v) is 5.86. The molecule has 3 N–H and O–H groups in total. The Hall–Kier alpha value is -1.21. The van der Waals surface area contributed by atoms with Crippen LogP contribution >= 0.6 is 11.6 Å². The molecule has 1 aromatic rings. The molecule has 0 saturated carbocycles. The number of aromatic nitrogens is 1. The van der Waals surface area contributed by atoms with Crippen LogP contribution in [0.15, 0.2) is 24.5 Å². The minimum absolute atomic E-state index is 0.357. The number of aliphatic hydroxyl groups is 2. The van der Waals surface area contributed by atoms with E-state index >= 15 is 0 Å². The standard InChI is InChI=1S/C11H13ClN2O4/c12-8-9(16)7(5-15)18-11(8)14-10(17)6-2-1-3-13-4-6/h1-4,7-9,11,15-16H,5H2,(H,14,17)/t7-,8-,9-,11?/m1/s1. The average Bonchev–Trinajstić information content (AvgIpc) is 2.67. The van der Waals surface area contributed by atoms with Crippen molar-refractivity contribution in [1.82, 2.24) is 10.3 Å². The van der Waals surface area contributed by atoms with E-state index in [4.69, 9.17) is 21.4 Å². The van der Waals surface area contributed by atoms with Crippen LogP contribution in [0, 0.1) is 0 Å². The van der Waals surface area contributed by atoms with Crippen molar-refractivity contribution in [2.24, 2.45) is 0 Å². The Morgan fingerprint density at radius 1 is 1.61 bits per heavy atom. The van der Waals surface area contributed by atoms with Gasteiger partial charge in [0, 0.05) is 12.4 Å². The van der Waals surface area contributed by atoms with Crippen LogP contribution in [0.2, 0.25) is 0 Å². The highest BCUT2D eigenvalue weighted by Gasteiger charge is 2.43. The highest BCUT2D eigenvalue weighted by atomic mass is 35.5. The number of nitrogens with zero attached hydrogens (tertiary/aromatic N) is 1. The number of ether oxygens (including phenoxy) is 1. The molecule has 0 bridgehead atoms. The number of pyridine rings is 1. The van der Waals surface area contributed by atoms with Crippen molar-refractivity contribution < 1.29 is 19.7 Å². The zero-order valence-corrected chi connectivity index (χ0v) is 10.1. The summed E-state index contributed by atoms with van der Waals surface area (Å²) in [4.78, 5) is 15.6. The van der Waals surface area contributed by atoms with Gasteiger partial charge in [0.1, 0.15) is 23.8 Å². The van der Waals surface area contributed by atoms with Crippen LogP contribution in [0.5, 0.6) is 0 Å². The van der Waals surface area contributed by atoms with Crippen LogP contribution < -0.4 is 5.32 Å². The van der Waals surface area contributed by atoms with Gasteiger partial charge < -0.3 is 20.3 Å². The van der Waals surface area contributed by atoms with Gasteiger partial charge in [-0.25, -0.2) is 0 Å². The number of alkyl halides is 1. The third-order valence-corrected chi connectivity index (χ3v) is 3.18. The number of halogens is 1. The number of aliphatic hydroxyl groups excluding tert-OH is 2. The summed E-state index contributed by atoms with van der Waals surface area (Å²) in [5.74, 6) is -0.399. The molecule has 1 aromatic heterocycles. The van der Waals surface area contributed by atoms with E-state index in [2.05, 4.69) is 10.3 Å². The Morgan fingerprint density at radius 2 is 2.39 bits per heavy atom. The smallest absolute Gasteiger partial charge is 0.254 e. The van der Waals surface area contributed by atoms with E-state index in [1.807, 2.05) is 0 Å². The van der Waals surface area contributed by atoms with E-state index in [1.165, 1.54) is 6.20 Å². The fourth-order valence-electron chi connectivity index (χ4n) is 1.70. The molecule has 0 radical (unpaired) electrons. The van der Waals surface area contributed by atoms with Gasteiger partial charge in [-0.2, -0.15) is 0 Å². The van der Waals surface area contributed by atoms with Crippen molar-refractivity contribution in [3.05, 3.63) is 30.1 Å². The SMILES string of the molecule is O=C(NC1O[C@H](CO)[C@@H](O)[C@H]1Cl)c1cccnc1. The Bertz CT molecular complexity index is 417. The fourth-order valence-corrected chi connectivity index (χ4v) is 1.99. The lowest BCUT2D eigenvalue weighted by molar-refractivity contribution is -0.0288. The fraction of sp³-hybridized carbons (Fsp3) is 0.455. The number of hydrogen-bond donors (Lipinski definition) is 3. The van der Waals surface area contributed by atoms with E-state index in [1.54, 1.807) is 18.3 Å². The molecule has 1 aliphatic heterocycles. The van der Waals surface area contributed by atoms with Crippen molar-refractivity contribution in [2.45, 2.75) is 23.8 Å². The Balaban J connectivity index is 2.00. The van der Waals surface area contributed by atoms with Gasteiger partial charge in [-0.1, -0.05) is 0 Å². The number of carbonyl (C=O) groups is 1.